The summed E-state index contributed by atoms with van der Waals surface area (Å²) in [5.74, 6) is 1.11. The third-order valence-electron chi connectivity index (χ3n) is 0.693. The zero-order chi connectivity index (χ0) is 6.41. The van der Waals surface area contributed by atoms with E-state index in [4.69, 9.17) is 28.9 Å². The van der Waals surface area contributed by atoms with Gasteiger partial charge in [-0.25, -0.2) is 0 Å². The van der Waals surface area contributed by atoms with Crippen LogP contribution in [-0.4, -0.2) is 17.8 Å². The topological polar surface area (TPSA) is 26.0 Å². The van der Waals surface area contributed by atoms with E-state index >= 15 is 0 Å². The monoisotopic (exact) mass is 155 g/mol. The van der Waals surface area contributed by atoms with Crippen molar-refractivity contribution in [3.8, 4) is 0 Å². The van der Waals surface area contributed by atoms with Crippen LogP contribution in [0.2, 0.25) is 0 Å². The molecule has 0 aromatic carbocycles. The van der Waals surface area contributed by atoms with Crippen LogP contribution in [0.4, 0.5) is 0 Å². The molecule has 8 heavy (non-hydrogen) atoms. The zero-order valence-corrected chi connectivity index (χ0v) is 6.25. The third kappa shape index (κ3) is 9.74. The van der Waals surface area contributed by atoms with E-state index in [1.807, 2.05) is 0 Å². The first-order chi connectivity index (χ1) is 3.81. The van der Waals surface area contributed by atoms with Crippen LogP contribution in [-0.2, 0) is 0 Å². The molecule has 0 heterocycles. The molecule has 1 saturated carbocycles. The van der Waals surface area contributed by atoms with Gasteiger partial charge in [0.15, 0.2) is 0 Å². The van der Waals surface area contributed by atoms with Gasteiger partial charge in [0, 0.05) is 17.8 Å². The van der Waals surface area contributed by atoms with E-state index in [1.165, 1.54) is 12.8 Å². The minimum atomic E-state index is 0.557. The largest absolute Gasteiger partial charge is 0.328 e. The summed E-state index contributed by atoms with van der Waals surface area (Å²) in [6.45, 7) is 0. The Morgan fingerprint density at radius 3 is 1.50 bits per heavy atom. The Morgan fingerprint density at radius 1 is 1.25 bits per heavy atom. The Kier molecular flexibility index (Phi) is 6.06. The van der Waals surface area contributed by atoms with Crippen molar-refractivity contribution in [2.75, 3.05) is 11.8 Å². The summed E-state index contributed by atoms with van der Waals surface area (Å²) in [5, 5.41) is 0. The average molecular weight is 156 g/mol. The summed E-state index contributed by atoms with van der Waals surface area (Å²) in [6, 6.07) is 0.583. The number of alkyl halides is 2. The molecule has 1 nitrogen and oxygen atoms in total. The molecule has 0 amide bonds. The molecule has 0 aromatic heterocycles. The van der Waals surface area contributed by atoms with Crippen LogP contribution in [0.5, 0.6) is 0 Å². The van der Waals surface area contributed by atoms with E-state index in [9.17, 15) is 0 Å². The van der Waals surface area contributed by atoms with Gasteiger partial charge in [-0.05, 0) is 12.8 Å². The molecule has 3 heteroatoms. The summed E-state index contributed by atoms with van der Waals surface area (Å²) < 4.78 is 0. The Labute approximate surface area is 60.1 Å². The molecule has 1 rings (SSSR count). The van der Waals surface area contributed by atoms with Crippen molar-refractivity contribution in [3.63, 3.8) is 0 Å². The summed E-state index contributed by atoms with van der Waals surface area (Å²) in [7, 11) is 0. The van der Waals surface area contributed by atoms with E-state index in [0.717, 1.165) is 0 Å². The van der Waals surface area contributed by atoms with Crippen LogP contribution >= 0.6 is 23.2 Å². The lowest BCUT2D eigenvalue weighted by atomic mass is 10.8. The lowest BCUT2D eigenvalue weighted by Crippen LogP contribution is -1.94. The minimum Gasteiger partial charge on any atom is -0.328 e. The number of hydrogen-bond acceptors (Lipinski definition) is 1. The summed E-state index contributed by atoms with van der Waals surface area (Å²) >= 11 is 10.1. The summed E-state index contributed by atoms with van der Waals surface area (Å²) in [5.41, 5.74) is 5.22. The van der Waals surface area contributed by atoms with Gasteiger partial charge in [-0.2, -0.15) is 0 Å². The molecule has 1 aliphatic carbocycles. The number of halogens is 2. The standard InChI is InChI=1S/C3H7N.C2H4Cl2/c4-3-1-2-3;3-1-2-4/h3H,1-2,4H2;1-2H2. The molecule has 0 spiro atoms. The lowest BCUT2D eigenvalue weighted by molar-refractivity contribution is 1.07. The van der Waals surface area contributed by atoms with Crippen molar-refractivity contribution in [1.29, 1.82) is 0 Å². The second kappa shape index (κ2) is 5.67. The van der Waals surface area contributed by atoms with Crippen LogP contribution in [0, 0.1) is 0 Å². The molecule has 1 aliphatic rings. The number of hydrogen-bond donors (Lipinski definition) is 1. The van der Waals surface area contributed by atoms with Crippen molar-refractivity contribution in [3.05, 3.63) is 0 Å². The molecule has 0 bridgehead atoms. The second-order valence-corrected chi connectivity index (χ2v) is 2.47. The second-order valence-electron chi connectivity index (χ2n) is 1.72. The molecular formula is C5H11Cl2N. The van der Waals surface area contributed by atoms with Gasteiger partial charge in [0.2, 0.25) is 0 Å². The normalized spacial score (nSPS) is 16.9. The van der Waals surface area contributed by atoms with Crippen molar-refractivity contribution >= 4 is 23.2 Å². The van der Waals surface area contributed by atoms with Gasteiger partial charge < -0.3 is 5.73 Å². The maximum Gasteiger partial charge on any atom is 0.0359 e. The Hall–Kier alpha value is 0.540. The fourth-order valence-electron chi connectivity index (χ4n) is 0.0962. The predicted octanol–water partition coefficient (Wildman–Crippen LogP) is 1.57. The molecule has 2 N–H and O–H groups in total. The smallest absolute Gasteiger partial charge is 0.0359 e. The SMILES string of the molecule is ClCCCl.NC1CC1. The maximum atomic E-state index is 5.22. The van der Waals surface area contributed by atoms with Crippen molar-refractivity contribution in [2.45, 2.75) is 18.9 Å². The van der Waals surface area contributed by atoms with Crippen LogP contribution in [0.15, 0.2) is 0 Å². The van der Waals surface area contributed by atoms with Gasteiger partial charge >= 0.3 is 0 Å². The van der Waals surface area contributed by atoms with E-state index in [1.54, 1.807) is 0 Å². The molecule has 0 aromatic rings. The summed E-state index contributed by atoms with van der Waals surface area (Å²) in [6.07, 6.45) is 2.53. The average Bonchev–Trinajstić information content (AvgIpc) is 2.52. The molecule has 0 atom stereocenters. The van der Waals surface area contributed by atoms with E-state index < -0.39 is 0 Å². The Morgan fingerprint density at radius 2 is 1.50 bits per heavy atom. The highest BCUT2D eigenvalue weighted by atomic mass is 35.5. The highest BCUT2D eigenvalue weighted by Crippen LogP contribution is 2.13. The van der Waals surface area contributed by atoms with Gasteiger partial charge in [0.25, 0.3) is 0 Å². The van der Waals surface area contributed by atoms with E-state index in [0.29, 0.717) is 17.8 Å². The number of rotatable bonds is 1. The van der Waals surface area contributed by atoms with Gasteiger partial charge in [0.1, 0.15) is 0 Å². The van der Waals surface area contributed by atoms with Gasteiger partial charge in [-0.3, -0.25) is 0 Å². The summed E-state index contributed by atoms with van der Waals surface area (Å²) in [4.78, 5) is 0. The fourth-order valence-corrected chi connectivity index (χ4v) is 0.0962. The lowest BCUT2D eigenvalue weighted by Gasteiger charge is -1.63. The predicted molar refractivity (Wildman–Crippen MR) is 38.6 cm³/mol. The van der Waals surface area contributed by atoms with Crippen LogP contribution in [0.25, 0.3) is 0 Å². The first-order valence-electron chi connectivity index (χ1n) is 2.68. The molecule has 0 aliphatic heterocycles. The minimum absolute atomic E-state index is 0.557. The Bertz CT molecular complexity index is 43.7. The van der Waals surface area contributed by atoms with Crippen LogP contribution < -0.4 is 5.73 Å². The fraction of sp³-hybridized carbons (Fsp3) is 1.00. The van der Waals surface area contributed by atoms with E-state index in [-0.39, 0.29) is 0 Å². The van der Waals surface area contributed by atoms with Crippen molar-refractivity contribution < 1.29 is 0 Å². The first-order valence-corrected chi connectivity index (χ1v) is 3.75. The highest BCUT2D eigenvalue weighted by Gasteiger charge is 2.13. The van der Waals surface area contributed by atoms with Crippen LogP contribution in [0.1, 0.15) is 12.8 Å². The van der Waals surface area contributed by atoms with Gasteiger partial charge in [0.05, 0.1) is 0 Å². The van der Waals surface area contributed by atoms with Gasteiger partial charge in [-0.15, -0.1) is 23.2 Å². The molecule has 1 fully saturated rings. The molecule has 0 saturated heterocycles. The Balaban J connectivity index is 0.000000122. The molecule has 0 radical (unpaired) electrons. The number of nitrogens with two attached hydrogens (primary N) is 1. The van der Waals surface area contributed by atoms with Crippen LogP contribution in [0.3, 0.4) is 0 Å². The molecule has 0 unspecified atom stereocenters. The first kappa shape index (κ1) is 8.54. The van der Waals surface area contributed by atoms with Gasteiger partial charge in [-0.1, -0.05) is 0 Å². The van der Waals surface area contributed by atoms with E-state index in [2.05, 4.69) is 0 Å². The molecular weight excluding hydrogens is 145 g/mol. The quantitative estimate of drug-likeness (QED) is 0.573. The third-order valence-corrected chi connectivity index (χ3v) is 1.26. The van der Waals surface area contributed by atoms with Crippen molar-refractivity contribution in [2.24, 2.45) is 5.73 Å². The van der Waals surface area contributed by atoms with Crippen molar-refractivity contribution in [1.82, 2.24) is 0 Å². The highest BCUT2D eigenvalue weighted by molar-refractivity contribution is 6.25. The zero-order valence-electron chi connectivity index (χ0n) is 4.74. The maximum absolute atomic E-state index is 5.22. The molecule has 50 valence electrons.